The Bertz CT molecular complexity index is 905. The van der Waals surface area contributed by atoms with Crippen LogP contribution in [0.2, 0.25) is 0 Å². The van der Waals surface area contributed by atoms with Crippen LogP contribution in [0.4, 0.5) is 0 Å². The fraction of sp³-hybridized carbons (Fsp3) is 0.467. The zero-order valence-electron chi connectivity index (χ0n) is 12.8. The number of hydrogen-bond acceptors (Lipinski definition) is 6. The highest BCUT2D eigenvalue weighted by Crippen LogP contribution is 2.31. The lowest BCUT2D eigenvalue weighted by atomic mass is 10.2. The molecule has 0 amide bonds. The van der Waals surface area contributed by atoms with E-state index < -0.39 is 21.2 Å². The van der Waals surface area contributed by atoms with Crippen LogP contribution in [0.1, 0.15) is 19.9 Å². The molecule has 0 bridgehead atoms. The Morgan fingerprint density at radius 1 is 1.30 bits per heavy atom. The van der Waals surface area contributed by atoms with Gasteiger partial charge in [0.15, 0.2) is 15.0 Å². The summed E-state index contributed by atoms with van der Waals surface area (Å²) in [4.78, 5) is 17.2. The number of aliphatic hydroxyl groups excluding tert-OH is 1. The van der Waals surface area contributed by atoms with Gasteiger partial charge in [-0.15, -0.1) is 0 Å². The van der Waals surface area contributed by atoms with Gasteiger partial charge in [-0.3, -0.25) is 9.36 Å². The molecule has 1 aromatic carbocycles. The maximum atomic E-state index is 12.7. The number of thioether (sulfide) groups is 1. The van der Waals surface area contributed by atoms with Crippen LogP contribution in [0, 0.1) is 0 Å². The fourth-order valence-electron chi connectivity index (χ4n) is 2.71. The van der Waals surface area contributed by atoms with Crippen LogP contribution in [0.25, 0.3) is 10.9 Å². The third-order valence-electron chi connectivity index (χ3n) is 3.82. The van der Waals surface area contributed by atoms with Crippen molar-refractivity contribution in [3.8, 4) is 0 Å². The first-order valence-corrected chi connectivity index (χ1v) is 10.0. The summed E-state index contributed by atoms with van der Waals surface area (Å²) >= 11 is 1.17. The van der Waals surface area contributed by atoms with Gasteiger partial charge in [0.05, 0.1) is 33.8 Å². The van der Waals surface area contributed by atoms with Crippen molar-refractivity contribution < 1.29 is 13.5 Å². The maximum Gasteiger partial charge on any atom is 0.262 e. The topological polar surface area (TPSA) is 89.3 Å². The summed E-state index contributed by atoms with van der Waals surface area (Å²) in [6.45, 7) is 3.76. The van der Waals surface area contributed by atoms with Crippen LogP contribution in [0.5, 0.6) is 0 Å². The van der Waals surface area contributed by atoms with Crippen LogP contribution < -0.4 is 5.56 Å². The standard InChI is InChI=1S/C15H18N2O4S2/c1-9(2)17-14(19)10-5-3-4-6-11(10)16-15(17)22-13-8-23(20,21)7-12(13)18/h3-6,9,12-13,18H,7-8H2,1-2H3/t12-,13+/m1/s1. The molecule has 0 aliphatic carbocycles. The van der Waals surface area contributed by atoms with Crippen molar-refractivity contribution in [3.63, 3.8) is 0 Å². The molecular weight excluding hydrogens is 336 g/mol. The molecule has 0 saturated carbocycles. The van der Waals surface area contributed by atoms with E-state index in [2.05, 4.69) is 4.98 Å². The summed E-state index contributed by atoms with van der Waals surface area (Å²) in [7, 11) is -3.24. The van der Waals surface area contributed by atoms with Gasteiger partial charge in [0.25, 0.3) is 5.56 Å². The van der Waals surface area contributed by atoms with E-state index in [0.29, 0.717) is 16.1 Å². The Morgan fingerprint density at radius 3 is 2.61 bits per heavy atom. The first-order valence-electron chi connectivity index (χ1n) is 7.35. The molecule has 2 heterocycles. The fourth-order valence-corrected chi connectivity index (χ4v) is 6.42. The Morgan fingerprint density at radius 2 is 2.00 bits per heavy atom. The van der Waals surface area contributed by atoms with E-state index in [1.165, 1.54) is 11.8 Å². The summed E-state index contributed by atoms with van der Waals surface area (Å²) in [5.41, 5.74) is 0.427. The van der Waals surface area contributed by atoms with Crippen LogP contribution in [-0.2, 0) is 9.84 Å². The predicted molar refractivity (Wildman–Crippen MR) is 90.7 cm³/mol. The molecule has 3 rings (SSSR count). The van der Waals surface area contributed by atoms with Crippen molar-refractivity contribution in [1.29, 1.82) is 0 Å². The van der Waals surface area contributed by atoms with Crippen LogP contribution >= 0.6 is 11.8 Å². The number of benzene rings is 1. The largest absolute Gasteiger partial charge is 0.391 e. The molecule has 8 heteroatoms. The van der Waals surface area contributed by atoms with E-state index in [9.17, 15) is 18.3 Å². The molecule has 1 aromatic heterocycles. The number of sulfone groups is 1. The Kier molecular flexibility index (Phi) is 4.24. The van der Waals surface area contributed by atoms with Gasteiger partial charge in [-0.1, -0.05) is 23.9 Å². The number of nitrogens with zero attached hydrogens (tertiary/aromatic N) is 2. The zero-order chi connectivity index (χ0) is 16.8. The molecule has 1 aliphatic heterocycles. The Balaban J connectivity index is 2.10. The summed E-state index contributed by atoms with van der Waals surface area (Å²) in [6, 6.07) is 6.96. The summed E-state index contributed by atoms with van der Waals surface area (Å²) in [5, 5.41) is 10.5. The van der Waals surface area contributed by atoms with Crippen molar-refractivity contribution in [3.05, 3.63) is 34.6 Å². The molecule has 6 nitrogen and oxygen atoms in total. The SMILES string of the molecule is CC(C)n1c(S[C@H]2CS(=O)(=O)C[C@H]2O)nc2ccccc2c1=O. The summed E-state index contributed by atoms with van der Waals surface area (Å²) in [6.07, 6.45) is -0.936. The molecule has 0 spiro atoms. The van der Waals surface area contributed by atoms with Gasteiger partial charge in [0.1, 0.15) is 0 Å². The molecule has 1 aliphatic rings. The van der Waals surface area contributed by atoms with Crippen molar-refractivity contribution >= 4 is 32.5 Å². The van der Waals surface area contributed by atoms with Crippen molar-refractivity contribution in [2.45, 2.75) is 36.4 Å². The van der Waals surface area contributed by atoms with Gasteiger partial charge >= 0.3 is 0 Å². The van der Waals surface area contributed by atoms with Crippen LogP contribution in [0.3, 0.4) is 0 Å². The minimum Gasteiger partial charge on any atom is -0.391 e. The number of rotatable bonds is 3. The van der Waals surface area contributed by atoms with E-state index in [1.807, 2.05) is 13.8 Å². The second kappa shape index (κ2) is 5.92. The normalized spacial score (nSPS) is 23.7. The molecule has 1 saturated heterocycles. The predicted octanol–water partition coefficient (Wildman–Crippen LogP) is 1.23. The lowest BCUT2D eigenvalue weighted by molar-refractivity contribution is 0.207. The molecule has 0 unspecified atom stereocenters. The molecule has 1 N–H and O–H groups in total. The monoisotopic (exact) mass is 354 g/mol. The lowest BCUT2D eigenvalue weighted by Crippen LogP contribution is -2.27. The van der Waals surface area contributed by atoms with Gasteiger partial charge < -0.3 is 5.11 Å². The number of fused-ring (bicyclic) bond motifs is 1. The molecule has 1 fully saturated rings. The highest BCUT2D eigenvalue weighted by Gasteiger charge is 2.38. The van der Waals surface area contributed by atoms with Gasteiger partial charge in [-0.25, -0.2) is 13.4 Å². The average molecular weight is 354 g/mol. The third-order valence-corrected chi connectivity index (χ3v) is 7.03. The van der Waals surface area contributed by atoms with Gasteiger partial charge in [0, 0.05) is 6.04 Å². The minimum absolute atomic E-state index is 0.0976. The van der Waals surface area contributed by atoms with Crippen molar-refractivity contribution in [2.75, 3.05) is 11.5 Å². The van der Waals surface area contributed by atoms with Crippen LogP contribution in [0.15, 0.2) is 34.2 Å². The van der Waals surface area contributed by atoms with E-state index in [4.69, 9.17) is 0 Å². The van der Waals surface area contributed by atoms with Crippen molar-refractivity contribution in [1.82, 2.24) is 9.55 Å². The maximum absolute atomic E-state index is 12.7. The summed E-state index contributed by atoms with van der Waals surface area (Å²) in [5.74, 6) is -0.330. The number of aliphatic hydroxyl groups is 1. The van der Waals surface area contributed by atoms with Crippen molar-refractivity contribution in [2.24, 2.45) is 0 Å². The molecule has 0 radical (unpaired) electrons. The van der Waals surface area contributed by atoms with Gasteiger partial charge in [-0.2, -0.15) is 0 Å². The molecule has 124 valence electrons. The minimum atomic E-state index is -3.24. The second-order valence-electron chi connectivity index (χ2n) is 5.98. The molecule has 2 atom stereocenters. The average Bonchev–Trinajstić information content (AvgIpc) is 2.71. The van der Waals surface area contributed by atoms with Gasteiger partial charge in [-0.05, 0) is 26.0 Å². The Hall–Kier alpha value is -1.38. The first-order chi connectivity index (χ1) is 10.8. The Labute approximate surface area is 138 Å². The lowest BCUT2D eigenvalue weighted by Gasteiger charge is -2.19. The van der Waals surface area contributed by atoms with Crippen LogP contribution in [-0.4, -0.2) is 45.9 Å². The first kappa shape index (κ1) is 16.5. The quantitative estimate of drug-likeness (QED) is 0.834. The highest BCUT2D eigenvalue weighted by atomic mass is 32.2. The van der Waals surface area contributed by atoms with E-state index >= 15 is 0 Å². The summed E-state index contributed by atoms with van der Waals surface area (Å²) < 4.78 is 24.9. The van der Waals surface area contributed by atoms with E-state index in [-0.39, 0.29) is 23.1 Å². The molecular formula is C15H18N2O4S2. The smallest absolute Gasteiger partial charge is 0.262 e. The number of aromatic nitrogens is 2. The van der Waals surface area contributed by atoms with E-state index in [0.717, 1.165) is 0 Å². The molecule has 2 aromatic rings. The second-order valence-corrected chi connectivity index (χ2v) is 9.34. The molecule has 23 heavy (non-hydrogen) atoms. The third kappa shape index (κ3) is 3.15. The zero-order valence-corrected chi connectivity index (χ0v) is 14.5. The van der Waals surface area contributed by atoms with Gasteiger partial charge in [0.2, 0.25) is 0 Å². The number of hydrogen-bond donors (Lipinski definition) is 1. The van der Waals surface area contributed by atoms with E-state index in [1.54, 1.807) is 28.8 Å². The highest BCUT2D eigenvalue weighted by molar-refractivity contribution is 8.01. The number of para-hydroxylation sites is 1.